The van der Waals surface area contributed by atoms with Gasteiger partial charge in [-0.3, -0.25) is 4.79 Å². The third-order valence-corrected chi connectivity index (χ3v) is 6.72. The first kappa shape index (κ1) is 18.0. The lowest BCUT2D eigenvalue weighted by molar-refractivity contribution is -0.118. The summed E-state index contributed by atoms with van der Waals surface area (Å²) < 4.78 is 0. The number of carbonyl (C=O) groups is 1. The Hall–Kier alpha value is -3.07. The molecule has 2 atom stereocenters. The molecule has 146 valence electrons. The lowest BCUT2D eigenvalue weighted by atomic mass is 9.70. The van der Waals surface area contributed by atoms with E-state index in [1.165, 1.54) is 38.7 Å². The maximum atomic E-state index is 11.3. The SMILES string of the molecule is C=C1c2ccccc2CC12c1ccc3ccccc3c1N[C@H]2CCCNC(C)=O. The summed E-state index contributed by atoms with van der Waals surface area (Å²) in [5.41, 5.74) is 6.39. The van der Waals surface area contributed by atoms with Crippen LogP contribution in [0.4, 0.5) is 5.69 Å². The molecule has 1 aliphatic heterocycles. The molecular weight excluding hydrogens is 356 g/mol. The summed E-state index contributed by atoms with van der Waals surface area (Å²) in [6.07, 6.45) is 2.90. The number of amides is 1. The first-order valence-corrected chi connectivity index (χ1v) is 10.4. The number of hydrogen-bond acceptors (Lipinski definition) is 2. The fourth-order valence-electron chi connectivity index (χ4n) is 5.38. The minimum atomic E-state index is -0.126. The molecule has 3 heteroatoms. The summed E-state index contributed by atoms with van der Waals surface area (Å²) in [6.45, 7) is 6.89. The molecule has 0 fully saturated rings. The number of rotatable bonds is 4. The van der Waals surface area contributed by atoms with Crippen molar-refractivity contribution in [1.82, 2.24) is 5.32 Å². The van der Waals surface area contributed by atoms with E-state index >= 15 is 0 Å². The van der Waals surface area contributed by atoms with Crippen molar-refractivity contribution < 1.29 is 4.79 Å². The minimum Gasteiger partial charge on any atom is -0.380 e. The molecule has 1 aliphatic carbocycles. The Morgan fingerprint density at radius 3 is 2.76 bits per heavy atom. The monoisotopic (exact) mass is 382 g/mol. The van der Waals surface area contributed by atoms with E-state index in [9.17, 15) is 4.79 Å². The molecule has 2 aliphatic rings. The van der Waals surface area contributed by atoms with Crippen molar-refractivity contribution in [3.63, 3.8) is 0 Å². The smallest absolute Gasteiger partial charge is 0.216 e. The van der Waals surface area contributed by atoms with Gasteiger partial charge >= 0.3 is 0 Å². The van der Waals surface area contributed by atoms with E-state index in [2.05, 4.69) is 77.9 Å². The maximum absolute atomic E-state index is 11.3. The fourth-order valence-corrected chi connectivity index (χ4v) is 5.38. The molecule has 1 amide bonds. The third kappa shape index (κ3) is 2.68. The van der Waals surface area contributed by atoms with E-state index in [4.69, 9.17) is 0 Å². The van der Waals surface area contributed by atoms with Crippen LogP contribution in [0.25, 0.3) is 16.3 Å². The molecule has 0 radical (unpaired) electrons. The Bertz CT molecular complexity index is 1130. The highest BCUT2D eigenvalue weighted by Crippen LogP contribution is 2.57. The number of hydrogen-bond donors (Lipinski definition) is 2. The number of nitrogens with one attached hydrogen (secondary N) is 2. The Morgan fingerprint density at radius 2 is 1.93 bits per heavy atom. The second-order valence-corrected chi connectivity index (χ2v) is 8.32. The van der Waals surface area contributed by atoms with Gasteiger partial charge in [-0.2, -0.15) is 0 Å². The van der Waals surface area contributed by atoms with Crippen molar-refractivity contribution in [1.29, 1.82) is 0 Å². The molecule has 3 aromatic carbocycles. The van der Waals surface area contributed by atoms with Crippen molar-refractivity contribution in [3.8, 4) is 0 Å². The number of fused-ring (bicyclic) bond motifs is 5. The Kier molecular flexibility index (Phi) is 4.20. The van der Waals surface area contributed by atoms with E-state index in [0.29, 0.717) is 6.54 Å². The van der Waals surface area contributed by atoms with Crippen LogP contribution in [0.3, 0.4) is 0 Å². The lowest BCUT2D eigenvalue weighted by Gasteiger charge is -2.33. The largest absolute Gasteiger partial charge is 0.380 e. The topological polar surface area (TPSA) is 41.1 Å². The molecule has 1 spiro atoms. The number of carbonyl (C=O) groups excluding carboxylic acids is 1. The van der Waals surface area contributed by atoms with Crippen LogP contribution in [0.5, 0.6) is 0 Å². The molecule has 1 heterocycles. The van der Waals surface area contributed by atoms with Crippen LogP contribution in [0.2, 0.25) is 0 Å². The Morgan fingerprint density at radius 1 is 1.14 bits per heavy atom. The molecule has 3 aromatic rings. The van der Waals surface area contributed by atoms with Crippen LogP contribution < -0.4 is 10.6 Å². The minimum absolute atomic E-state index is 0.0334. The van der Waals surface area contributed by atoms with Crippen molar-refractivity contribution in [2.75, 3.05) is 11.9 Å². The summed E-state index contributed by atoms with van der Waals surface area (Å²) in [6, 6.07) is 22.1. The van der Waals surface area contributed by atoms with Crippen molar-refractivity contribution in [2.24, 2.45) is 0 Å². The predicted octanol–water partition coefficient (Wildman–Crippen LogP) is 5.06. The predicted molar refractivity (Wildman–Crippen MR) is 120 cm³/mol. The highest BCUT2D eigenvalue weighted by Gasteiger charge is 2.52. The maximum Gasteiger partial charge on any atom is 0.216 e. The van der Waals surface area contributed by atoms with E-state index in [-0.39, 0.29) is 17.4 Å². The van der Waals surface area contributed by atoms with Crippen LogP contribution in [0.1, 0.15) is 36.5 Å². The highest BCUT2D eigenvalue weighted by molar-refractivity contribution is 6.00. The van der Waals surface area contributed by atoms with Gasteiger partial charge in [0.15, 0.2) is 0 Å². The highest BCUT2D eigenvalue weighted by atomic mass is 16.1. The van der Waals surface area contributed by atoms with E-state index < -0.39 is 0 Å². The molecule has 2 N–H and O–H groups in total. The summed E-state index contributed by atoms with van der Waals surface area (Å²) >= 11 is 0. The van der Waals surface area contributed by atoms with Gasteiger partial charge in [-0.1, -0.05) is 67.2 Å². The van der Waals surface area contributed by atoms with Gasteiger partial charge in [0.05, 0.1) is 0 Å². The van der Waals surface area contributed by atoms with E-state index in [1.807, 2.05) is 0 Å². The molecule has 5 rings (SSSR count). The Balaban J connectivity index is 1.59. The third-order valence-electron chi connectivity index (χ3n) is 6.72. The van der Waals surface area contributed by atoms with Gasteiger partial charge in [0, 0.05) is 36.0 Å². The zero-order valence-corrected chi connectivity index (χ0v) is 16.8. The quantitative estimate of drug-likeness (QED) is 0.620. The van der Waals surface area contributed by atoms with Gasteiger partial charge in [-0.25, -0.2) is 0 Å². The molecule has 0 saturated heterocycles. The number of anilines is 1. The fraction of sp³-hybridized carbons (Fsp3) is 0.269. The molecule has 0 aromatic heterocycles. The van der Waals surface area contributed by atoms with E-state index in [0.717, 1.165) is 19.3 Å². The van der Waals surface area contributed by atoms with Gasteiger partial charge < -0.3 is 10.6 Å². The van der Waals surface area contributed by atoms with Crippen LogP contribution in [0.15, 0.2) is 67.2 Å². The first-order valence-electron chi connectivity index (χ1n) is 10.4. The van der Waals surface area contributed by atoms with Gasteiger partial charge in [0.25, 0.3) is 0 Å². The zero-order valence-electron chi connectivity index (χ0n) is 16.8. The Labute approximate surface area is 171 Å². The first-order chi connectivity index (χ1) is 14.1. The van der Waals surface area contributed by atoms with Gasteiger partial charge in [0.2, 0.25) is 5.91 Å². The number of benzene rings is 3. The van der Waals surface area contributed by atoms with Gasteiger partial charge in [-0.15, -0.1) is 0 Å². The molecule has 0 saturated carbocycles. The zero-order chi connectivity index (χ0) is 20.0. The van der Waals surface area contributed by atoms with Crippen LogP contribution in [0, 0.1) is 0 Å². The molecular formula is C26H26N2O. The van der Waals surface area contributed by atoms with Crippen LogP contribution >= 0.6 is 0 Å². The summed E-state index contributed by atoms with van der Waals surface area (Å²) in [5, 5.41) is 9.36. The molecule has 1 unspecified atom stereocenters. The molecule has 3 nitrogen and oxygen atoms in total. The van der Waals surface area contributed by atoms with Crippen LogP contribution in [-0.4, -0.2) is 18.5 Å². The second-order valence-electron chi connectivity index (χ2n) is 8.32. The average molecular weight is 383 g/mol. The molecule has 29 heavy (non-hydrogen) atoms. The van der Waals surface area contributed by atoms with E-state index in [1.54, 1.807) is 6.92 Å². The van der Waals surface area contributed by atoms with Crippen LogP contribution in [-0.2, 0) is 16.6 Å². The standard InChI is InChI=1S/C26H26N2O/c1-17-21-10-5-4-9-20(21)16-26(17)23-14-13-19-8-3-6-11-22(19)25(23)28-24(26)12-7-15-27-18(2)29/h3-6,8-11,13-14,24,28H,1,7,12,15-16H2,2H3,(H,27,29)/t24-,26?/m0/s1. The summed E-state index contributed by atoms with van der Waals surface area (Å²) in [4.78, 5) is 11.3. The van der Waals surface area contributed by atoms with Crippen molar-refractivity contribution in [2.45, 2.75) is 37.6 Å². The normalized spacial score (nSPS) is 21.8. The second kappa shape index (κ2) is 6.77. The van der Waals surface area contributed by atoms with Gasteiger partial charge in [0.1, 0.15) is 0 Å². The van der Waals surface area contributed by atoms with Gasteiger partial charge in [-0.05, 0) is 46.9 Å². The average Bonchev–Trinajstić information content (AvgIpc) is 3.21. The van der Waals surface area contributed by atoms with Crippen molar-refractivity contribution in [3.05, 3.63) is 83.9 Å². The van der Waals surface area contributed by atoms with Crippen molar-refractivity contribution >= 4 is 27.9 Å². The summed E-state index contributed by atoms with van der Waals surface area (Å²) in [5.74, 6) is 0.0334. The summed E-state index contributed by atoms with van der Waals surface area (Å²) in [7, 11) is 0. The lowest BCUT2D eigenvalue weighted by Crippen LogP contribution is -2.39. The molecule has 0 bridgehead atoms.